The van der Waals surface area contributed by atoms with Crippen LogP contribution in [0.3, 0.4) is 0 Å². The lowest BCUT2D eigenvalue weighted by atomic mass is 10.2. The van der Waals surface area contributed by atoms with E-state index >= 15 is 0 Å². The van der Waals surface area contributed by atoms with E-state index in [4.69, 9.17) is 0 Å². The first-order chi connectivity index (χ1) is 14.1. The molecule has 0 aliphatic rings. The Balaban J connectivity index is 2.06. The zero-order chi connectivity index (χ0) is 21.9. The molecule has 0 radical (unpaired) electrons. The van der Waals surface area contributed by atoms with Gasteiger partial charge in [0.05, 0.1) is 4.90 Å². The van der Waals surface area contributed by atoms with Crippen LogP contribution >= 0.6 is 0 Å². The van der Waals surface area contributed by atoms with E-state index in [0.717, 1.165) is 17.9 Å². The minimum atomic E-state index is -4.65. The predicted molar refractivity (Wildman–Crippen MR) is 109 cm³/mol. The van der Waals surface area contributed by atoms with Crippen molar-refractivity contribution in [3.8, 4) is 11.4 Å². The van der Waals surface area contributed by atoms with Crippen LogP contribution < -0.4 is 4.90 Å². The van der Waals surface area contributed by atoms with Crippen molar-refractivity contribution in [1.82, 2.24) is 9.97 Å². The Kier molecular flexibility index (Phi) is 6.12. The molecular formula is C21H20F3N3O2S. The zero-order valence-corrected chi connectivity index (χ0v) is 17.2. The van der Waals surface area contributed by atoms with E-state index in [9.17, 15) is 21.6 Å². The summed E-state index contributed by atoms with van der Waals surface area (Å²) in [5.41, 5.74) is 0.178. The Hall–Kier alpha value is -2.94. The number of aromatic nitrogens is 2. The van der Waals surface area contributed by atoms with Crippen LogP contribution in [0.2, 0.25) is 0 Å². The normalized spacial score (nSPS) is 12.0. The summed E-state index contributed by atoms with van der Waals surface area (Å²) >= 11 is 0. The molecule has 0 fully saturated rings. The molecule has 3 rings (SSSR count). The molecule has 9 heteroatoms. The Morgan fingerprint density at radius 3 is 2.13 bits per heavy atom. The molecule has 0 N–H and O–H groups in total. The maximum Gasteiger partial charge on any atom is 0.433 e. The molecule has 158 valence electrons. The number of rotatable bonds is 6. The van der Waals surface area contributed by atoms with E-state index in [1.807, 2.05) is 37.3 Å². The second kappa shape index (κ2) is 8.43. The molecule has 2 aromatic carbocycles. The van der Waals surface area contributed by atoms with Crippen LogP contribution in [-0.4, -0.2) is 31.2 Å². The van der Waals surface area contributed by atoms with E-state index in [0.29, 0.717) is 18.7 Å². The van der Waals surface area contributed by atoms with Gasteiger partial charge in [0.2, 0.25) is 0 Å². The molecule has 1 aromatic heterocycles. The Morgan fingerprint density at radius 2 is 1.60 bits per heavy atom. The maximum atomic E-state index is 13.5. The summed E-state index contributed by atoms with van der Waals surface area (Å²) in [6, 6.07) is 15.8. The highest BCUT2D eigenvalue weighted by atomic mass is 32.2. The van der Waals surface area contributed by atoms with Crippen LogP contribution in [0, 0.1) is 0 Å². The maximum absolute atomic E-state index is 13.5. The van der Waals surface area contributed by atoms with Crippen molar-refractivity contribution in [1.29, 1.82) is 0 Å². The van der Waals surface area contributed by atoms with Crippen LogP contribution in [0.25, 0.3) is 11.4 Å². The predicted octanol–water partition coefficient (Wildman–Crippen LogP) is 4.59. The van der Waals surface area contributed by atoms with Crippen LogP contribution in [0.5, 0.6) is 0 Å². The molecule has 30 heavy (non-hydrogen) atoms. The topological polar surface area (TPSA) is 63.2 Å². The Bertz CT molecular complexity index is 1120. The summed E-state index contributed by atoms with van der Waals surface area (Å²) < 4.78 is 63.7. The van der Waals surface area contributed by atoms with E-state index < -0.39 is 21.7 Å². The zero-order valence-electron chi connectivity index (χ0n) is 16.4. The number of halogens is 3. The molecule has 0 unspecified atom stereocenters. The third kappa shape index (κ3) is 5.15. The number of sulfone groups is 1. The highest BCUT2D eigenvalue weighted by molar-refractivity contribution is 7.90. The van der Waals surface area contributed by atoms with Gasteiger partial charge in [-0.1, -0.05) is 30.3 Å². The SMILES string of the molecule is CCN(Cc1ccccc1)c1cc(C(F)(F)F)nc(-c2ccc(S(C)(=O)=O)cc2)n1. The molecule has 0 saturated carbocycles. The number of nitrogens with zero attached hydrogens (tertiary/aromatic N) is 3. The lowest BCUT2D eigenvalue weighted by Gasteiger charge is -2.23. The first kappa shape index (κ1) is 21.8. The molecule has 3 aromatic rings. The van der Waals surface area contributed by atoms with Crippen molar-refractivity contribution in [2.75, 3.05) is 17.7 Å². The van der Waals surface area contributed by atoms with Gasteiger partial charge in [-0.3, -0.25) is 0 Å². The highest BCUT2D eigenvalue weighted by Crippen LogP contribution is 2.32. The summed E-state index contributed by atoms with van der Waals surface area (Å²) in [6.07, 6.45) is -3.59. The largest absolute Gasteiger partial charge is 0.433 e. The molecule has 0 spiro atoms. The second-order valence-electron chi connectivity index (χ2n) is 6.73. The summed E-state index contributed by atoms with van der Waals surface area (Å²) in [5.74, 6) is 0.0252. The molecule has 1 heterocycles. The van der Waals surface area contributed by atoms with Crippen LogP contribution in [0.1, 0.15) is 18.2 Å². The lowest BCUT2D eigenvalue weighted by Crippen LogP contribution is -2.24. The van der Waals surface area contributed by atoms with Crippen molar-refractivity contribution in [2.24, 2.45) is 0 Å². The minimum Gasteiger partial charge on any atom is -0.352 e. The third-order valence-electron chi connectivity index (χ3n) is 4.47. The number of hydrogen-bond donors (Lipinski definition) is 0. The van der Waals surface area contributed by atoms with Gasteiger partial charge in [-0.15, -0.1) is 0 Å². The molecule has 0 amide bonds. The average molecular weight is 435 g/mol. The molecule has 0 aliphatic carbocycles. The van der Waals surface area contributed by atoms with Gasteiger partial charge in [0.25, 0.3) is 0 Å². The Labute approximate surface area is 173 Å². The summed E-state index contributed by atoms with van der Waals surface area (Å²) in [5, 5.41) is 0. The molecular weight excluding hydrogens is 415 g/mol. The lowest BCUT2D eigenvalue weighted by molar-refractivity contribution is -0.141. The Morgan fingerprint density at radius 1 is 0.967 bits per heavy atom. The molecule has 0 atom stereocenters. The van der Waals surface area contributed by atoms with E-state index in [1.54, 1.807) is 4.90 Å². The van der Waals surface area contributed by atoms with E-state index in [2.05, 4.69) is 9.97 Å². The van der Waals surface area contributed by atoms with Gasteiger partial charge in [-0.2, -0.15) is 13.2 Å². The number of alkyl halides is 3. The van der Waals surface area contributed by atoms with Crippen molar-refractivity contribution in [3.05, 3.63) is 71.9 Å². The van der Waals surface area contributed by atoms with Gasteiger partial charge in [0.1, 0.15) is 5.82 Å². The van der Waals surface area contributed by atoms with Crippen LogP contribution in [0.4, 0.5) is 19.0 Å². The van der Waals surface area contributed by atoms with Gasteiger partial charge in [0.15, 0.2) is 21.4 Å². The fourth-order valence-electron chi connectivity index (χ4n) is 2.88. The summed E-state index contributed by atoms with van der Waals surface area (Å²) in [7, 11) is -3.42. The average Bonchev–Trinajstić information content (AvgIpc) is 2.71. The smallest absolute Gasteiger partial charge is 0.352 e. The molecule has 0 bridgehead atoms. The third-order valence-corrected chi connectivity index (χ3v) is 5.59. The van der Waals surface area contributed by atoms with Crippen molar-refractivity contribution < 1.29 is 21.6 Å². The van der Waals surface area contributed by atoms with Crippen molar-refractivity contribution >= 4 is 15.7 Å². The second-order valence-corrected chi connectivity index (χ2v) is 8.74. The quantitative estimate of drug-likeness (QED) is 0.567. The number of hydrogen-bond acceptors (Lipinski definition) is 5. The highest BCUT2D eigenvalue weighted by Gasteiger charge is 2.34. The standard InChI is InChI=1S/C21H20F3N3O2S/c1-3-27(14-15-7-5-4-6-8-15)19-13-18(21(22,23)24)25-20(26-19)16-9-11-17(12-10-16)30(2,28)29/h4-13H,3,14H2,1-2H3. The van der Waals surface area contributed by atoms with Gasteiger partial charge < -0.3 is 4.90 Å². The van der Waals surface area contributed by atoms with Gasteiger partial charge >= 0.3 is 6.18 Å². The number of benzene rings is 2. The van der Waals surface area contributed by atoms with Crippen molar-refractivity contribution in [3.63, 3.8) is 0 Å². The van der Waals surface area contributed by atoms with Gasteiger partial charge in [-0.05, 0) is 36.8 Å². The fourth-order valence-corrected chi connectivity index (χ4v) is 3.51. The first-order valence-corrected chi connectivity index (χ1v) is 11.0. The van der Waals surface area contributed by atoms with Crippen molar-refractivity contribution in [2.45, 2.75) is 24.5 Å². The van der Waals surface area contributed by atoms with Gasteiger partial charge in [-0.25, -0.2) is 18.4 Å². The van der Waals surface area contributed by atoms with Gasteiger partial charge in [0, 0.05) is 31.0 Å². The molecule has 5 nitrogen and oxygen atoms in total. The summed E-state index contributed by atoms with van der Waals surface area (Å²) in [4.78, 5) is 9.81. The molecule has 0 aliphatic heterocycles. The minimum absolute atomic E-state index is 0.0673. The van der Waals surface area contributed by atoms with E-state index in [-0.39, 0.29) is 16.5 Å². The van der Waals surface area contributed by atoms with Crippen LogP contribution in [0.15, 0.2) is 65.6 Å². The first-order valence-electron chi connectivity index (χ1n) is 9.13. The molecule has 0 saturated heterocycles. The van der Waals surface area contributed by atoms with Crippen LogP contribution in [-0.2, 0) is 22.6 Å². The van der Waals surface area contributed by atoms with E-state index in [1.165, 1.54) is 24.3 Å². The summed E-state index contributed by atoms with van der Waals surface area (Å²) in [6.45, 7) is 2.66. The number of anilines is 1. The monoisotopic (exact) mass is 435 g/mol. The fraction of sp³-hybridized carbons (Fsp3) is 0.238.